The number of amides is 2. The normalized spacial score (nSPS) is 13.7. The first-order valence-corrected chi connectivity index (χ1v) is 10.4. The van der Waals surface area contributed by atoms with Crippen LogP contribution in [0.1, 0.15) is 0 Å². The Kier molecular flexibility index (Phi) is 5.97. The average molecular weight is 455 g/mol. The molecule has 1 aliphatic heterocycles. The van der Waals surface area contributed by atoms with Crippen LogP contribution in [0.5, 0.6) is 5.75 Å². The molecule has 0 spiro atoms. The van der Waals surface area contributed by atoms with E-state index in [0.717, 1.165) is 16.7 Å². The summed E-state index contributed by atoms with van der Waals surface area (Å²) in [6.45, 7) is 0. The molecule has 0 saturated heterocycles. The molecule has 156 valence electrons. The molecule has 0 atom stereocenters. The highest BCUT2D eigenvalue weighted by Crippen LogP contribution is 2.39. The molecular weight excluding hydrogens is 439 g/mol. The first-order valence-electron chi connectivity index (χ1n) is 9.20. The van der Waals surface area contributed by atoms with Gasteiger partial charge in [0.25, 0.3) is 11.8 Å². The standard InChI is InChI=1S/C23H16ClFN2O3S/c1-30-16-6-4-5-15(13-16)26-20-21(31-17-11-9-14(24)10-12-17)23(29)27(22(20)28)19-8-3-2-7-18(19)25/h2-13,26H,1H3. The van der Waals surface area contributed by atoms with Gasteiger partial charge in [-0.05, 0) is 48.5 Å². The van der Waals surface area contributed by atoms with E-state index < -0.39 is 17.6 Å². The van der Waals surface area contributed by atoms with E-state index in [2.05, 4.69) is 5.32 Å². The van der Waals surface area contributed by atoms with Crippen LogP contribution >= 0.6 is 23.4 Å². The molecule has 1 aliphatic rings. The molecule has 0 fully saturated rings. The molecular formula is C23H16ClFN2O3S. The molecule has 31 heavy (non-hydrogen) atoms. The number of para-hydroxylation sites is 1. The van der Waals surface area contributed by atoms with Gasteiger partial charge in [0.1, 0.15) is 22.2 Å². The third kappa shape index (κ3) is 4.28. The van der Waals surface area contributed by atoms with Crippen molar-refractivity contribution in [3.05, 3.63) is 94.2 Å². The molecule has 1 heterocycles. The number of rotatable bonds is 6. The Morgan fingerprint density at radius 3 is 2.42 bits per heavy atom. The number of hydrogen-bond acceptors (Lipinski definition) is 5. The average Bonchev–Trinajstić information content (AvgIpc) is 3.00. The topological polar surface area (TPSA) is 58.6 Å². The molecule has 2 amide bonds. The molecule has 0 aromatic heterocycles. The van der Waals surface area contributed by atoms with E-state index in [1.165, 1.54) is 25.3 Å². The Hall–Kier alpha value is -3.29. The maximum Gasteiger partial charge on any atom is 0.283 e. The zero-order valence-corrected chi connectivity index (χ0v) is 17.8. The van der Waals surface area contributed by atoms with Gasteiger partial charge >= 0.3 is 0 Å². The Bertz CT molecular complexity index is 1200. The number of methoxy groups -OCH3 is 1. The van der Waals surface area contributed by atoms with Crippen molar-refractivity contribution >= 4 is 46.6 Å². The number of nitrogens with zero attached hydrogens (tertiary/aromatic N) is 1. The Balaban J connectivity index is 1.76. The van der Waals surface area contributed by atoms with Gasteiger partial charge in [-0.15, -0.1) is 0 Å². The Morgan fingerprint density at radius 2 is 1.71 bits per heavy atom. The van der Waals surface area contributed by atoms with E-state index in [0.29, 0.717) is 21.4 Å². The van der Waals surface area contributed by atoms with Crippen LogP contribution in [0.3, 0.4) is 0 Å². The molecule has 0 aliphatic carbocycles. The molecule has 5 nitrogen and oxygen atoms in total. The van der Waals surface area contributed by atoms with Crippen LogP contribution in [0, 0.1) is 5.82 Å². The summed E-state index contributed by atoms with van der Waals surface area (Å²) in [4.78, 5) is 28.2. The first-order chi connectivity index (χ1) is 15.0. The lowest BCUT2D eigenvalue weighted by Gasteiger charge is -2.16. The lowest BCUT2D eigenvalue weighted by atomic mass is 10.2. The van der Waals surface area contributed by atoms with Crippen LogP contribution in [0.15, 0.2) is 88.3 Å². The van der Waals surface area contributed by atoms with Gasteiger partial charge < -0.3 is 10.1 Å². The smallest absolute Gasteiger partial charge is 0.283 e. The zero-order chi connectivity index (χ0) is 22.0. The van der Waals surface area contributed by atoms with Gasteiger partial charge in [-0.3, -0.25) is 9.59 Å². The van der Waals surface area contributed by atoms with Gasteiger partial charge in [0.2, 0.25) is 0 Å². The molecule has 0 saturated carbocycles. The Labute approximate surface area is 187 Å². The fraction of sp³-hybridized carbons (Fsp3) is 0.0435. The highest BCUT2D eigenvalue weighted by molar-refractivity contribution is 8.04. The number of carbonyl (C=O) groups excluding carboxylic acids is 2. The molecule has 0 radical (unpaired) electrons. The van der Waals surface area contributed by atoms with Crippen molar-refractivity contribution in [1.82, 2.24) is 0 Å². The van der Waals surface area contributed by atoms with Crippen molar-refractivity contribution in [3.8, 4) is 5.75 Å². The molecule has 4 rings (SSSR count). The van der Waals surface area contributed by atoms with Crippen molar-refractivity contribution in [2.45, 2.75) is 4.90 Å². The summed E-state index contributed by atoms with van der Waals surface area (Å²) < 4.78 is 19.6. The number of thioether (sulfide) groups is 1. The highest BCUT2D eigenvalue weighted by atomic mass is 35.5. The second kappa shape index (κ2) is 8.83. The Morgan fingerprint density at radius 1 is 0.968 bits per heavy atom. The SMILES string of the molecule is COc1cccc(NC2=C(Sc3ccc(Cl)cc3)C(=O)N(c3ccccc3F)C2=O)c1. The van der Waals surface area contributed by atoms with E-state index in [1.54, 1.807) is 54.6 Å². The van der Waals surface area contributed by atoms with Crippen LogP contribution in [-0.4, -0.2) is 18.9 Å². The van der Waals surface area contributed by atoms with E-state index in [9.17, 15) is 14.0 Å². The third-order valence-corrected chi connectivity index (χ3v) is 5.85. The van der Waals surface area contributed by atoms with Gasteiger partial charge in [-0.1, -0.05) is 41.6 Å². The zero-order valence-electron chi connectivity index (χ0n) is 16.3. The van der Waals surface area contributed by atoms with Crippen molar-refractivity contribution < 1.29 is 18.7 Å². The predicted octanol–water partition coefficient (Wildman–Crippen LogP) is 5.48. The fourth-order valence-electron chi connectivity index (χ4n) is 3.03. The van der Waals surface area contributed by atoms with E-state index in [-0.39, 0.29) is 16.3 Å². The second-order valence-electron chi connectivity index (χ2n) is 6.51. The summed E-state index contributed by atoms with van der Waals surface area (Å²) >= 11 is 7.05. The monoisotopic (exact) mass is 454 g/mol. The van der Waals surface area contributed by atoms with Crippen LogP contribution in [0.2, 0.25) is 5.02 Å². The summed E-state index contributed by atoms with van der Waals surface area (Å²) in [5, 5.41) is 3.57. The molecule has 3 aromatic rings. The summed E-state index contributed by atoms with van der Waals surface area (Å²) in [6.07, 6.45) is 0. The van der Waals surface area contributed by atoms with E-state index >= 15 is 0 Å². The van der Waals surface area contributed by atoms with Crippen LogP contribution in [0.4, 0.5) is 15.8 Å². The maximum absolute atomic E-state index is 14.4. The molecule has 3 aromatic carbocycles. The number of ether oxygens (including phenoxy) is 1. The lowest BCUT2D eigenvalue weighted by Crippen LogP contribution is -2.33. The van der Waals surface area contributed by atoms with Crippen LogP contribution in [0.25, 0.3) is 0 Å². The van der Waals surface area contributed by atoms with Crippen LogP contribution < -0.4 is 15.0 Å². The lowest BCUT2D eigenvalue weighted by molar-refractivity contribution is -0.120. The fourth-order valence-corrected chi connectivity index (χ4v) is 4.08. The van der Waals surface area contributed by atoms with Gasteiger partial charge in [-0.25, -0.2) is 9.29 Å². The van der Waals surface area contributed by atoms with Crippen molar-refractivity contribution in [3.63, 3.8) is 0 Å². The summed E-state index contributed by atoms with van der Waals surface area (Å²) in [5.41, 5.74) is 0.510. The van der Waals surface area contributed by atoms with Crippen molar-refractivity contribution in [1.29, 1.82) is 0 Å². The van der Waals surface area contributed by atoms with Gasteiger partial charge in [0.05, 0.1) is 12.8 Å². The highest BCUT2D eigenvalue weighted by Gasteiger charge is 2.41. The minimum Gasteiger partial charge on any atom is -0.497 e. The maximum atomic E-state index is 14.4. The van der Waals surface area contributed by atoms with Crippen molar-refractivity contribution in [2.75, 3.05) is 17.3 Å². The predicted molar refractivity (Wildman–Crippen MR) is 120 cm³/mol. The summed E-state index contributed by atoms with van der Waals surface area (Å²) in [5.74, 6) is -1.34. The number of anilines is 2. The number of imide groups is 1. The van der Waals surface area contributed by atoms with E-state index in [1.807, 2.05) is 0 Å². The van der Waals surface area contributed by atoms with Gasteiger partial charge in [0, 0.05) is 21.7 Å². The first kappa shape index (κ1) is 21.0. The molecule has 8 heteroatoms. The molecule has 1 N–H and O–H groups in total. The quantitative estimate of drug-likeness (QED) is 0.500. The number of benzene rings is 3. The third-order valence-electron chi connectivity index (χ3n) is 4.51. The van der Waals surface area contributed by atoms with Gasteiger partial charge in [0.15, 0.2) is 0 Å². The number of hydrogen-bond donors (Lipinski definition) is 1. The number of nitrogens with one attached hydrogen (secondary N) is 1. The molecule has 0 unspecified atom stereocenters. The minimum absolute atomic E-state index is 0.0569. The number of carbonyl (C=O) groups is 2. The number of halogens is 2. The molecule has 0 bridgehead atoms. The second-order valence-corrected chi connectivity index (χ2v) is 8.03. The van der Waals surface area contributed by atoms with Gasteiger partial charge in [-0.2, -0.15) is 0 Å². The van der Waals surface area contributed by atoms with E-state index in [4.69, 9.17) is 16.3 Å². The van der Waals surface area contributed by atoms with Crippen molar-refractivity contribution in [2.24, 2.45) is 0 Å². The minimum atomic E-state index is -0.664. The summed E-state index contributed by atoms with van der Waals surface area (Å²) in [6, 6.07) is 19.5. The summed E-state index contributed by atoms with van der Waals surface area (Å²) in [7, 11) is 1.53. The van der Waals surface area contributed by atoms with Crippen LogP contribution in [-0.2, 0) is 9.59 Å². The largest absolute Gasteiger partial charge is 0.497 e.